The van der Waals surface area contributed by atoms with Crippen molar-refractivity contribution < 1.29 is 19.0 Å². The maximum atomic E-state index is 12.2. The third-order valence-corrected chi connectivity index (χ3v) is 4.27. The van der Waals surface area contributed by atoms with Crippen LogP contribution in [0.2, 0.25) is 0 Å². The number of rotatable bonds is 7. The Hall–Kier alpha value is -2.70. The number of nitrogens with one attached hydrogen (secondary N) is 1. The average Bonchev–Trinajstić information content (AvgIpc) is 3.07. The zero-order valence-electron chi connectivity index (χ0n) is 14.9. The number of hydrogen-bond donors (Lipinski definition) is 1. The van der Waals surface area contributed by atoms with Crippen LogP contribution in [0, 0.1) is 0 Å². The molecule has 1 atom stereocenters. The van der Waals surface area contributed by atoms with E-state index in [0.717, 1.165) is 5.56 Å². The summed E-state index contributed by atoms with van der Waals surface area (Å²) >= 11 is 0. The van der Waals surface area contributed by atoms with Crippen molar-refractivity contribution >= 4 is 5.91 Å². The van der Waals surface area contributed by atoms with E-state index >= 15 is 0 Å². The van der Waals surface area contributed by atoms with Crippen LogP contribution in [0.25, 0.3) is 10.4 Å². The summed E-state index contributed by atoms with van der Waals surface area (Å²) in [5, 5.41) is 6.44. The fraction of sp³-hybridized carbons (Fsp3) is 0.500. The lowest BCUT2D eigenvalue weighted by molar-refractivity contribution is -0.171. The van der Waals surface area contributed by atoms with Gasteiger partial charge < -0.3 is 19.5 Å². The van der Waals surface area contributed by atoms with Gasteiger partial charge in [0.05, 0.1) is 13.1 Å². The first-order chi connectivity index (χ1) is 12.4. The van der Waals surface area contributed by atoms with Gasteiger partial charge in [0.2, 0.25) is 11.7 Å². The minimum absolute atomic E-state index is 0.0506. The lowest BCUT2D eigenvalue weighted by Gasteiger charge is -2.25. The number of azide groups is 1. The molecule has 2 aliphatic rings. The average molecular weight is 358 g/mol. The zero-order chi connectivity index (χ0) is 18.6. The van der Waals surface area contributed by atoms with Crippen LogP contribution in [0.5, 0.6) is 0 Å². The van der Waals surface area contributed by atoms with Crippen molar-refractivity contribution in [3.8, 4) is 0 Å². The molecule has 1 N–H and O–H groups in total. The highest BCUT2D eigenvalue weighted by atomic mass is 16.8. The molecule has 0 bridgehead atoms. The summed E-state index contributed by atoms with van der Waals surface area (Å²) in [6, 6.07) is 9.85. The monoisotopic (exact) mass is 358 g/mol. The molecular formula is C18H22N4O4. The summed E-state index contributed by atoms with van der Waals surface area (Å²) in [6.07, 6.45) is 1.06. The number of benzene rings is 1. The zero-order valence-corrected chi connectivity index (χ0v) is 14.9. The van der Waals surface area contributed by atoms with Crippen molar-refractivity contribution in [1.29, 1.82) is 0 Å². The number of amides is 1. The van der Waals surface area contributed by atoms with E-state index in [0.29, 0.717) is 24.4 Å². The summed E-state index contributed by atoms with van der Waals surface area (Å²) < 4.78 is 17.5. The molecule has 0 radical (unpaired) electrons. The lowest BCUT2D eigenvalue weighted by Crippen LogP contribution is -2.46. The highest BCUT2D eigenvalue weighted by Crippen LogP contribution is 2.45. The topological polar surface area (TPSA) is 106 Å². The molecule has 2 aliphatic heterocycles. The number of aryl methyl sites for hydroxylation is 1. The van der Waals surface area contributed by atoms with E-state index in [1.165, 1.54) is 0 Å². The standard InChI is InChI=1S/C18H22N4O4/c1-17(2)25-16-14(10-21-22-19)24-12-18(16,26-17)11-20-15(23)9-8-13-6-4-3-5-7-13/h3-7H,8-12H2,1-2H3,(H,20,23)/t18-/m0/s1. The maximum Gasteiger partial charge on any atom is 0.220 e. The predicted octanol–water partition coefficient (Wildman–Crippen LogP) is 2.81. The van der Waals surface area contributed by atoms with Crippen LogP contribution in [0.3, 0.4) is 0 Å². The van der Waals surface area contributed by atoms with Gasteiger partial charge in [0, 0.05) is 25.2 Å². The summed E-state index contributed by atoms with van der Waals surface area (Å²) in [6.45, 7) is 4.08. The van der Waals surface area contributed by atoms with Crippen LogP contribution in [-0.2, 0) is 25.4 Å². The van der Waals surface area contributed by atoms with Crippen molar-refractivity contribution in [3.05, 3.63) is 57.9 Å². The van der Waals surface area contributed by atoms with Crippen LogP contribution >= 0.6 is 0 Å². The van der Waals surface area contributed by atoms with E-state index < -0.39 is 11.4 Å². The third kappa shape index (κ3) is 3.92. The second-order valence-corrected chi connectivity index (χ2v) is 6.79. The minimum Gasteiger partial charge on any atom is -0.491 e. The summed E-state index contributed by atoms with van der Waals surface area (Å²) in [7, 11) is 0. The summed E-state index contributed by atoms with van der Waals surface area (Å²) in [5.41, 5.74) is 8.75. The molecule has 1 fully saturated rings. The van der Waals surface area contributed by atoms with Gasteiger partial charge in [0.1, 0.15) is 12.4 Å². The number of hydrogen-bond acceptors (Lipinski definition) is 5. The van der Waals surface area contributed by atoms with Crippen molar-refractivity contribution in [2.75, 3.05) is 19.7 Å². The van der Waals surface area contributed by atoms with Gasteiger partial charge in [-0.1, -0.05) is 35.4 Å². The molecule has 26 heavy (non-hydrogen) atoms. The number of nitrogens with zero attached hydrogens (tertiary/aromatic N) is 3. The van der Waals surface area contributed by atoms with E-state index in [1.807, 2.05) is 30.3 Å². The molecule has 1 amide bonds. The number of ether oxygens (including phenoxy) is 3. The molecule has 3 rings (SSSR count). The van der Waals surface area contributed by atoms with Gasteiger partial charge in [-0.05, 0) is 17.5 Å². The Bertz CT molecular complexity index is 756. The Kier molecular flexibility index (Phi) is 5.06. The highest BCUT2D eigenvalue weighted by molar-refractivity contribution is 5.76. The molecule has 0 aliphatic carbocycles. The van der Waals surface area contributed by atoms with Gasteiger partial charge in [0.25, 0.3) is 0 Å². The van der Waals surface area contributed by atoms with Gasteiger partial charge in [-0.15, -0.1) is 0 Å². The SMILES string of the molecule is CC1(C)OC2=C(CN=[N+]=[N-])OC[C@]2(CNC(=O)CCc2ccccc2)O1. The van der Waals surface area contributed by atoms with E-state index in [1.54, 1.807) is 13.8 Å². The largest absolute Gasteiger partial charge is 0.491 e. The Morgan fingerprint density at radius 2 is 2.12 bits per heavy atom. The van der Waals surface area contributed by atoms with Gasteiger partial charge in [-0.3, -0.25) is 4.79 Å². The number of carbonyl (C=O) groups excluding carboxylic acids is 1. The molecule has 0 aromatic heterocycles. The Morgan fingerprint density at radius 3 is 2.85 bits per heavy atom. The van der Waals surface area contributed by atoms with E-state index in [2.05, 4.69) is 15.3 Å². The molecule has 0 unspecified atom stereocenters. The minimum atomic E-state index is -0.883. The Balaban J connectivity index is 1.63. The third-order valence-electron chi connectivity index (χ3n) is 4.27. The molecule has 138 valence electrons. The highest BCUT2D eigenvalue weighted by Gasteiger charge is 2.56. The summed E-state index contributed by atoms with van der Waals surface area (Å²) in [4.78, 5) is 15.0. The molecular weight excluding hydrogens is 336 g/mol. The van der Waals surface area contributed by atoms with Crippen LogP contribution in [0.1, 0.15) is 25.8 Å². The molecule has 8 heteroatoms. The smallest absolute Gasteiger partial charge is 0.220 e. The first kappa shape index (κ1) is 18.1. The molecule has 1 aromatic carbocycles. The van der Waals surface area contributed by atoms with Gasteiger partial charge in [0.15, 0.2) is 11.4 Å². The summed E-state index contributed by atoms with van der Waals surface area (Å²) in [5.74, 6) is 0.0414. The van der Waals surface area contributed by atoms with Crippen molar-refractivity contribution in [1.82, 2.24) is 5.32 Å². The Morgan fingerprint density at radius 1 is 1.35 bits per heavy atom. The number of fused-ring (bicyclic) bond motifs is 1. The first-order valence-corrected chi connectivity index (χ1v) is 8.51. The van der Waals surface area contributed by atoms with Gasteiger partial charge in [-0.25, -0.2) is 0 Å². The van der Waals surface area contributed by atoms with E-state index in [-0.39, 0.29) is 25.6 Å². The second kappa shape index (κ2) is 7.27. The molecule has 0 saturated carbocycles. The molecule has 0 spiro atoms. The molecule has 2 heterocycles. The molecule has 1 saturated heterocycles. The van der Waals surface area contributed by atoms with Crippen LogP contribution < -0.4 is 5.32 Å². The van der Waals surface area contributed by atoms with Crippen molar-refractivity contribution in [2.24, 2.45) is 5.11 Å². The van der Waals surface area contributed by atoms with Gasteiger partial charge >= 0.3 is 0 Å². The van der Waals surface area contributed by atoms with Crippen LogP contribution in [0.4, 0.5) is 0 Å². The number of carbonyl (C=O) groups is 1. The van der Waals surface area contributed by atoms with Crippen LogP contribution in [0.15, 0.2) is 47.0 Å². The van der Waals surface area contributed by atoms with Crippen LogP contribution in [-0.4, -0.2) is 37.0 Å². The van der Waals surface area contributed by atoms with Crippen molar-refractivity contribution in [2.45, 2.75) is 38.1 Å². The normalized spacial score (nSPS) is 22.8. The quantitative estimate of drug-likeness (QED) is 0.459. The second-order valence-electron chi connectivity index (χ2n) is 6.79. The lowest BCUT2D eigenvalue weighted by atomic mass is 10.0. The molecule has 1 aromatic rings. The van der Waals surface area contributed by atoms with E-state index in [4.69, 9.17) is 19.7 Å². The van der Waals surface area contributed by atoms with Gasteiger partial charge in [-0.2, -0.15) is 0 Å². The maximum absolute atomic E-state index is 12.2. The first-order valence-electron chi connectivity index (χ1n) is 8.51. The van der Waals surface area contributed by atoms with Crippen molar-refractivity contribution in [3.63, 3.8) is 0 Å². The van der Waals surface area contributed by atoms with E-state index in [9.17, 15) is 4.79 Å². The predicted molar refractivity (Wildman–Crippen MR) is 93.7 cm³/mol. The molecule has 8 nitrogen and oxygen atoms in total. The fourth-order valence-corrected chi connectivity index (χ4v) is 3.16. The Labute approximate surface area is 151 Å². The fourth-order valence-electron chi connectivity index (χ4n) is 3.16.